The normalized spacial score (nSPS) is 11.2. The van der Waals surface area contributed by atoms with Crippen LogP contribution in [0.1, 0.15) is 0 Å². The fourth-order valence-corrected chi connectivity index (χ4v) is 2.47. The van der Waals surface area contributed by atoms with Crippen LogP contribution in [0.5, 0.6) is 0 Å². The van der Waals surface area contributed by atoms with E-state index in [-0.39, 0.29) is 30.5 Å². The molecule has 0 bridgehead atoms. The fraction of sp³-hybridized carbons (Fsp3) is 0.400. The first-order valence-corrected chi connectivity index (χ1v) is 6.94. The Morgan fingerprint density at radius 3 is 2.89 bits per heavy atom. The van der Waals surface area contributed by atoms with Gasteiger partial charge in [-0.05, 0) is 12.1 Å². The molecule has 0 unspecified atom stereocenters. The summed E-state index contributed by atoms with van der Waals surface area (Å²) in [5.41, 5.74) is 4.87. The molecule has 1 aromatic heterocycles. The summed E-state index contributed by atoms with van der Waals surface area (Å²) in [7, 11) is -2.09. The van der Waals surface area contributed by atoms with E-state index in [0.29, 0.717) is 0 Å². The fourth-order valence-electron chi connectivity index (χ4n) is 1.29. The summed E-state index contributed by atoms with van der Waals surface area (Å²) in [6.45, 7) is -0.151. The van der Waals surface area contributed by atoms with E-state index in [1.165, 1.54) is 18.3 Å². The van der Waals surface area contributed by atoms with E-state index in [4.69, 9.17) is 10.5 Å². The Labute approximate surface area is 111 Å². The third-order valence-corrected chi connectivity index (χ3v) is 3.57. The number of ether oxygens (including phenoxy) is 1. The monoisotopic (exact) mass is 288 g/mol. The van der Waals surface area contributed by atoms with E-state index in [1.807, 2.05) is 0 Å². The average molecular weight is 288 g/mol. The molecule has 0 radical (unpaired) electrons. The number of nitrogens with two attached hydrogens (primary N) is 1. The zero-order valence-electron chi connectivity index (χ0n) is 10.4. The lowest BCUT2D eigenvalue weighted by atomic mass is 10.5. The van der Waals surface area contributed by atoms with Crippen molar-refractivity contribution in [3.05, 3.63) is 18.3 Å². The molecule has 0 aliphatic rings. The van der Waals surface area contributed by atoms with E-state index in [9.17, 15) is 13.2 Å². The Morgan fingerprint density at radius 2 is 2.26 bits per heavy atom. The van der Waals surface area contributed by atoms with Crippen LogP contribution in [0.15, 0.2) is 23.2 Å². The Kier molecular flexibility index (Phi) is 5.67. The molecular formula is C10H16N4O4S. The second-order valence-electron chi connectivity index (χ2n) is 3.52. The Morgan fingerprint density at radius 1 is 1.53 bits per heavy atom. The number of primary amides is 1. The number of nitrogens with zero attached hydrogens (tertiary/aromatic N) is 1. The largest absolute Gasteiger partial charge is 0.372 e. The van der Waals surface area contributed by atoms with Crippen LogP contribution in [0.3, 0.4) is 0 Å². The van der Waals surface area contributed by atoms with Gasteiger partial charge in [-0.2, -0.15) is 0 Å². The van der Waals surface area contributed by atoms with Crippen molar-refractivity contribution < 1.29 is 17.9 Å². The molecule has 1 aromatic rings. The number of anilines is 1. The van der Waals surface area contributed by atoms with Gasteiger partial charge in [0.2, 0.25) is 15.9 Å². The second kappa shape index (κ2) is 7.02. The standard InChI is InChI=1S/C10H16N4O4S/c1-12-10-8(3-2-4-13-10)19(16,17)14-5-6-18-7-9(11)15/h2-4,14H,5-7H2,1H3,(H2,11,15)(H,12,13). The van der Waals surface area contributed by atoms with Crippen molar-refractivity contribution in [2.75, 3.05) is 32.1 Å². The molecule has 1 rings (SSSR count). The summed E-state index contributed by atoms with van der Waals surface area (Å²) >= 11 is 0. The van der Waals surface area contributed by atoms with Crippen LogP contribution < -0.4 is 15.8 Å². The van der Waals surface area contributed by atoms with Gasteiger partial charge in [-0.25, -0.2) is 18.1 Å². The van der Waals surface area contributed by atoms with Crippen LogP contribution in [-0.4, -0.2) is 46.1 Å². The summed E-state index contributed by atoms with van der Waals surface area (Å²) in [4.78, 5) is 14.4. The maximum absolute atomic E-state index is 12.0. The van der Waals surface area contributed by atoms with Crippen molar-refractivity contribution >= 4 is 21.7 Å². The number of carbonyl (C=O) groups excluding carboxylic acids is 1. The summed E-state index contributed by atoms with van der Waals surface area (Å²) in [6, 6.07) is 2.96. The zero-order chi connectivity index (χ0) is 14.3. The van der Waals surface area contributed by atoms with Gasteiger partial charge < -0.3 is 15.8 Å². The third-order valence-electron chi connectivity index (χ3n) is 2.08. The van der Waals surface area contributed by atoms with E-state index in [1.54, 1.807) is 7.05 Å². The number of amides is 1. The Hall–Kier alpha value is -1.71. The molecule has 0 aliphatic heterocycles. The lowest BCUT2D eigenvalue weighted by molar-refractivity contribution is -0.122. The maximum atomic E-state index is 12.0. The molecule has 19 heavy (non-hydrogen) atoms. The molecule has 0 atom stereocenters. The number of sulfonamides is 1. The molecule has 1 amide bonds. The van der Waals surface area contributed by atoms with E-state index in [2.05, 4.69) is 15.0 Å². The first kappa shape index (κ1) is 15.3. The van der Waals surface area contributed by atoms with Crippen molar-refractivity contribution in [1.29, 1.82) is 0 Å². The van der Waals surface area contributed by atoms with Gasteiger partial charge in [0.15, 0.2) is 0 Å². The van der Waals surface area contributed by atoms with Gasteiger partial charge in [-0.1, -0.05) is 0 Å². The zero-order valence-corrected chi connectivity index (χ0v) is 11.2. The number of pyridine rings is 1. The molecule has 0 saturated carbocycles. The maximum Gasteiger partial charge on any atom is 0.244 e. The van der Waals surface area contributed by atoms with Gasteiger partial charge in [0.05, 0.1) is 6.61 Å². The second-order valence-corrected chi connectivity index (χ2v) is 5.25. The van der Waals surface area contributed by atoms with Crippen molar-refractivity contribution in [1.82, 2.24) is 9.71 Å². The smallest absolute Gasteiger partial charge is 0.244 e. The molecule has 0 aromatic carbocycles. The highest BCUT2D eigenvalue weighted by Gasteiger charge is 2.17. The average Bonchev–Trinajstić information content (AvgIpc) is 2.37. The van der Waals surface area contributed by atoms with Gasteiger partial charge in [-0.15, -0.1) is 0 Å². The van der Waals surface area contributed by atoms with Crippen molar-refractivity contribution in [2.45, 2.75) is 4.90 Å². The number of aromatic nitrogens is 1. The third kappa shape index (κ3) is 4.81. The first-order valence-electron chi connectivity index (χ1n) is 5.46. The number of rotatable bonds is 8. The lowest BCUT2D eigenvalue weighted by Crippen LogP contribution is -2.29. The quantitative estimate of drug-likeness (QED) is 0.522. The number of hydrogen-bond acceptors (Lipinski definition) is 6. The summed E-state index contributed by atoms with van der Waals surface area (Å²) < 4.78 is 31.1. The summed E-state index contributed by atoms with van der Waals surface area (Å²) in [5.74, 6) is -0.347. The van der Waals surface area contributed by atoms with E-state index < -0.39 is 15.9 Å². The highest BCUT2D eigenvalue weighted by Crippen LogP contribution is 2.16. The van der Waals surface area contributed by atoms with Crippen LogP contribution in [0.4, 0.5) is 5.82 Å². The molecule has 0 aliphatic carbocycles. The highest BCUT2D eigenvalue weighted by molar-refractivity contribution is 7.89. The molecule has 0 spiro atoms. The van der Waals surface area contributed by atoms with Crippen molar-refractivity contribution in [2.24, 2.45) is 5.73 Å². The molecule has 4 N–H and O–H groups in total. The lowest BCUT2D eigenvalue weighted by Gasteiger charge is -2.10. The summed E-state index contributed by atoms with van der Waals surface area (Å²) in [5, 5.41) is 2.70. The predicted octanol–water partition coefficient (Wildman–Crippen LogP) is -1.10. The molecular weight excluding hydrogens is 272 g/mol. The topological polar surface area (TPSA) is 123 Å². The molecule has 9 heteroatoms. The molecule has 8 nitrogen and oxygen atoms in total. The van der Waals surface area contributed by atoms with Gasteiger partial charge >= 0.3 is 0 Å². The van der Waals surface area contributed by atoms with Gasteiger partial charge in [0, 0.05) is 19.8 Å². The summed E-state index contributed by atoms with van der Waals surface area (Å²) in [6.07, 6.45) is 1.49. The highest BCUT2D eigenvalue weighted by atomic mass is 32.2. The molecule has 1 heterocycles. The number of nitrogens with one attached hydrogen (secondary N) is 2. The van der Waals surface area contributed by atoms with E-state index in [0.717, 1.165) is 0 Å². The van der Waals surface area contributed by atoms with Crippen LogP contribution in [0.2, 0.25) is 0 Å². The van der Waals surface area contributed by atoms with Crippen LogP contribution >= 0.6 is 0 Å². The van der Waals surface area contributed by atoms with Crippen LogP contribution in [0.25, 0.3) is 0 Å². The minimum Gasteiger partial charge on any atom is -0.372 e. The van der Waals surface area contributed by atoms with Gasteiger partial charge in [-0.3, -0.25) is 4.79 Å². The first-order chi connectivity index (χ1) is 8.97. The van der Waals surface area contributed by atoms with Crippen LogP contribution in [-0.2, 0) is 19.6 Å². The minimum absolute atomic E-state index is 0.0354. The number of carbonyl (C=O) groups is 1. The van der Waals surface area contributed by atoms with Crippen molar-refractivity contribution in [3.63, 3.8) is 0 Å². The molecule has 0 saturated heterocycles. The molecule has 106 valence electrons. The predicted molar refractivity (Wildman–Crippen MR) is 69.0 cm³/mol. The Bertz CT molecular complexity index is 532. The number of hydrogen-bond donors (Lipinski definition) is 3. The Balaban J connectivity index is 2.59. The van der Waals surface area contributed by atoms with Gasteiger partial charge in [0.25, 0.3) is 0 Å². The SMILES string of the molecule is CNc1ncccc1S(=O)(=O)NCCOCC(N)=O. The van der Waals surface area contributed by atoms with Gasteiger partial charge in [0.1, 0.15) is 17.3 Å². The van der Waals surface area contributed by atoms with Crippen molar-refractivity contribution in [3.8, 4) is 0 Å². The molecule has 0 fully saturated rings. The van der Waals surface area contributed by atoms with Crippen LogP contribution in [0, 0.1) is 0 Å². The van der Waals surface area contributed by atoms with E-state index >= 15 is 0 Å². The minimum atomic E-state index is -3.67.